The van der Waals surface area contributed by atoms with Crippen molar-refractivity contribution in [1.82, 2.24) is 20.3 Å². The first-order chi connectivity index (χ1) is 17.4. The maximum Gasteiger partial charge on any atom is 0.319 e. The van der Waals surface area contributed by atoms with Gasteiger partial charge in [0.05, 0.1) is 5.70 Å². The zero-order chi connectivity index (χ0) is 27.3. The minimum atomic E-state index is -0.382. The molecule has 0 aliphatic heterocycles. The number of allylic oxidation sites excluding steroid dienone is 2. The Labute approximate surface area is 218 Å². The third-order valence-electron chi connectivity index (χ3n) is 5.84. The summed E-state index contributed by atoms with van der Waals surface area (Å²) in [5, 5.41) is 8.61. The van der Waals surface area contributed by atoms with Crippen molar-refractivity contribution in [2.75, 3.05) is 11.2 Å². The molecular weight excluding hydrogens is 464 g/mol. The van der Waals surface area contributed by atoms with E-state index in [0.717, 1.165) is 16.7 Å². The first kappa shape index (κ1) is 27.3. The number of hydrogen-bond acceptors (Lipinski definition) is 4. The van der Waals surface area contributed by atoms with E-state index in [1.807, 2.05) is 63.2 Å². The van der Waals surface area contributed by atoms with Gasteiger partial charge in [0.25, 0.3) is 5.91 Å². The molecule has 3 amide bonds. The summed E-state index contributed by atoms with van der Waals surface area (Å²) in [6.45, 7) is 16.3. The van der Waals surface area contributed by atoms with Crippen LogP contribution < -0.4 is 21.8 Å². The first-order valence-corrected chi connectivity index (χ1v) is 12.2. The van der Waals surface area contributed by atoms with Crippen LogP contribution in [0.2, 0.25) is 0 Å². The Balaban J connectivity index is 1.87. The molecule has 194 valence electrons. The minimum absolute atomic E-state index is 0.0119. The number of nitrogen functional groups attached to an aromatic ring is 1. The molecule has 2 aromatic carbocycles. The van der Waals surface area contributed by atoms with E-state index < -0.39 is 0 Å². The van der Waals surface area contributed by atoms with Crippen LogP contribution in [0.25, 0.3) is 11.3 Å². The van der Waals surface area contributed by atoms with Gasteiger partial charge in [-0.2, -0.15) is 0 Å². The van der Waals surface area contributed by atoms with Crippen molar-refractivity contribution >= 4 is 28.9 Å². The number of nitrogens with one attached hydrogen (secondary N) is 3. The number of rotatable bonds is 7. The van der Waals surface area contributed by atoms with Gasteiger partial charge in [-0.05, 0) is 72.7 Å². The Kier molecular flexibility index (Phi) is 8.22. The SMILES string of the molecule is C=C(/C=C(/NC(=O)NC(C)C)c1nccn1N)c1cccc(NC(=O)c2ccc(C(C)(C)C)cc2)c1C. The van der Waals surface area contributed by atoms with E-state index >= 15 is 0 Å². The molecule has 0 aliphatic rings. The Morgan fingerprint density at radius 3 is 2.35 bits per heavy atom. The van der Waals surface area contributed by atoms with Crippen LogP contribution in [0.1, 0.15) is 67.5 Å². The number of urea groups is 1. The van der Waals surface area contributed by atoms with Crippen LogP contribution in [0.3, 0.4) is 0 Å². The van der Waals surface area contributed by atoms with Gasteiger partial charge >= 0.3 is 6.03 Å². The van der Waals surface area contributed by atoms with Crippen molar-refractivity contribution in [2.45, 2.75) is 53.0 Å². The maximum absolute atomic E-state index is 13.0. The summed E-state index contributed by atoms with van der Waals surface area (Å²) in [4.78, 5) is 29.6. The Bertz CT molecular complexity index is 1330. The smallest absolute Gasteiger partial charge is 0.319 e. The van der Waals surface area contributed by atoms with Crippen molar-refractivity contribution < 1.29 is 9.59 Å². The van der Waals surface area contributed by atoms with Crippen LogP contribution >= 0.6 is 0 Å². The molecule has 3 rings (SSSR count). The molecule has 8 heteroatoms. The highest BCUT2D eigenvalue weighted by molar-refractivity contribution is 6.05. The predicted octanol–water partition coefficient (Wildman–Crippen LogP) is 5.22. The summed E-state index contributed by atoms with van der Waals surface area (Å²) < 4.78 is 1.32. The molecule has 0 bridgehead atoms. The van der Waals surface area contributed by atoms with Crippen LogP contribution in [0.4, 0.5) is 10.5 Å². The number of carbonyl (C=O) groups excluding carboxylic acids is 2. The highest BCUT2D eigenvalue weighted by atomic mass is 16.2. The van der Waals surface area contributed by atoms with Gasteiger partial charge in [-0.25, -0.2) is 14.5 Å². The molecule has 3 aromatic rings. The zero-order valence-corrected chi connectivity index (χ0v) is 22.3. The average Bonchev–Trinajstić information content (AvgIpc) is 3.24. The van der Waals surface area contributed by atoms with E-state index in [1.54, 1.807) is 18.5 Å². The van der Waals surface area contributed by atoms with Crippen LogP contribution in [0.15, 0.2) is 67.5 Å². The second kappa shape index (κ2) is 11.2. The van der Waals surface area contributed by atoms with Gasteiger partial charge in [0.2, 0.25) is 0 Å². The lowest BCUT2D eigenvalue weighted by atomic mass is 9.86. The molecule has 0 fully saturated rings. The lowest BCUT2D eigenvalue weighted by Crippen LogP contribution is -2.39. The van der Waals surface area contributed by atoms with E-state index in [-0.39, 0.29) is 23.4 Å². The van der Waals surface area contributed by atoms with E-state index in [4.69, 9.17) is 5.84 Å². The molecule has 0 saturated heterocycles. The van der Waals surface area contributed by atoms with Gasteiger partial charge in [0.15, 0.2) is 5.82 Å². The van der Waals surface area contributed by atoms with Crippen molar-refractivity contribution in [3.63, 3.8) is 0 Å². The van der Waals surface area contributed by atoms with E-state index in [9.17, 15) is 9.59 Å². The summed E-state index contributed by atoms with van der Waals surface area (Å²) in [7, 11) is 0. The maximum atomic E-state index is 13.0. The molecule has 0 radical (unpaired) electrons. The molecule has 37 heavy (non-hydrogen) atoms. The van der Waals surface area contributed by atoms with E-state index in [1.165, 1.54) is 4.68 Å². The number of carbonyl (C=O) groups is 2. The lowest BCUT2D eigenvalue weighted by molar-refractivity contribution is 0.102. The molecule has 0 spiro atoms. The molecule has 0 atom stereocenters. The number of benzene rings is 2. The minimum Gasteiger partial charge on any atom is -0.338 e. The number of nitrogens with zero attached hydrogens (tertiary/aromatic N) is 2. The normalized spacial score (nSPS) is 11.8. The zero-order valence-electron chi connectivity index (χ0n) is 22.3. The summed E-state index contributed by atoms with van der Waals surface area (Å²) in [6.07, 6.45) is 4.84. The largest absolute Gasteiger partial charge is 0.338 e. The van der Waals surface area contributed by atoms with Gasteiger partial charge in [0, 0.05) is 29.7 Å². The van der Waals surface area contributed by atoms with Crippen molar-refractivity contribution in [2.24, 2.45) is 0 Å². The molecule has 0 unspecified atom stereocenters. The predicted molar refractivity (Wildman–Crippen MR) is 150 cm³/mol. The Morgan fingerprint density at radius 1 is 1.11 bits per heavy atom. The number of hydrogen-bond donors (Lipinski definition) is 4. The topological polar surface area (TPSA) is 114 Å². The second-order valence-corrected chi connectivity index (χ2v) is 10.3. The molecular formula is C29H36N6O2. The number of amides is 3. The van der Waals surface area contributed by atoms with Crippen LogP contribution in [-0.4, -0.2) is 27.6 Å². The number of anilines is 1. The lowest BCUT2D eigenvalue weighted by Gasteiger charge is -2.19. The summed E-state index contributed by atoms with van der Waals surface area (Å²) in [5.74, 6) is 6.18. The van der Waals surface area contributed by atoms with Crippen molar-refractivity contribution in [1.29, 1.82) is 0 Å². The summed E-state index contributed by atoms with van der Waals surface area (Å²) >= 11 is 0. The van der Waals surface area contributed by atoms with Crippen LogP contribution in [0, 0.1) is 6.92 Å². The average molecular weight is 501 g/mol. The van der Waals surface area contributed by atoms with Crippen LogP contribution in [0.5, 0.6) is 0 Å². The highest BCUT2D eigenvalue weighted by Crippen LogP contribution is 2.28. The van der Waals surface area contributed by atoms with E-state index in [0.29, 0.717) is 28.3 Å². The van der Waals surface area contributed by atoms with Gasteiger partial charge in [-0.15, -0.1) is 0 Å². The number of nitrogens with two attached hydrogens (primary N) is 1. The van der Waals surface area contributed by atoms with Gasteiger partial charge in [-0.3, -0.25) is 4.79 Å². The Morgan fingerprint density at radius 2 is 1.78 bits per heavy atom. The second-order valence-electron chi connectivity index (χ2n) is 10.3. The summed E-state index contributed by atoms with van der Waals surface area (Å²) in [5.41, 5.74) is 5.07. The third kappa shape index (κ3) is 6.88. The standard InChI is InChI=1S/C29H36N6O2/c1-18(2)32-28(37)34-25(26-31-15-16-35(26)30)17-19(3)23-9-8-10-24(20(23)4)33-27(36)21-11-13-22(14-12-21)29(5,6)7/h8-18H,3,30H2,1-2,4-7H3,(H,33,36)(H2,32,34,37)/b25-17+. The quantitative estimate of drug-likeness (QED) is 0.263. The number of imidazole rings is 1. The Hall–Kier alpha value is -4.33. The molecule has 5 N–H and O–H groups in total. The van der Waals surface area contributed by atoms with Gasteiger partial charge in [-0.1, -0.05) is 51.6 Å². The highest BCUT2D eigenvalue weighted by Gasteiger charge is 2.17. The molecule has 1 aromatic heterocycles. The molecule has 0 aliphatic carbocycles. The van der Waals surface area contributed by atoms with E-state index in [2.05, 4.69) is 48.3 Å². The fourth-order valence-corrected chi connectivity index (χ4v) is 3.79. The van der Waals surface area contributed by atoms with Crippen molar-refractivity contribution in [3.05, 3.63) is 95.6 Å². The fraction of sp³-hybridized carbons (Fsp3) is 0.276. The fourth-order valence-electron chi connectivity index (χ4n) is 3.79. The molecule has 1 heterocycles. The van der Waals surface area contributed by atoms with Gasteiger partial charge < -0.3 is 21.8 Å². The van der Waals surface area contributed by atoms with Crippen LogP contribution in [-0.2, 0) is 5.41 Å². The number of aromatic nitrogens is 2. The monoisotopic (exact) mass is 500 g/mol. The van der Waals surface area contributed by atoms with Crippen molar-refractivity contribution in [3.8, 4) is 0 Å². The van der Waals surface area contributed by atoms with Gasteiger partial charge in [0.1, 0.15) is 0 Å². The first-order valence-electron chi connectivity index (χ1n) is 12.2. The third-order valence-corrected chi connectivity index (χ3v) is 5.84. The molecule has 0 saturated carbocycles. The summed E-state index contributed by atoms with van der Waals surface area (Å²) in [6, 6.07) is 12.8. The molecule has 8 nitrogen and oxygen atoms in total.